The van der Waals surface area contributed by atoms with Gasteiger partial charge in [-0.1, -0.05) is 0 Å². The normalized spacial score (nSPS) is 10.6. The molecule has 7 nitrogen and oxygen atoms in total. The van der Waals surface area contributed by atoms with Gasteiger partial charge in [-0.2, -0.15) is 0 Å². The van der Waals surface area contributed by atoms with Crippen LogP contribution in [0.2, 0.25) is 0 Å². The molecule has 1 aromatic heterocycles. The van der Waals surface area contributed by atoms with E-state index in [0.29, 0.717) is 45.0 Å². The van der Waals surface area contributed by atoms with Gasteiger partial charge in [0.1, 0.15) is 0 Å². The maximum absolute atomic E-state index is 13.0. The number of nitrogens with one attached hydrogen (secondary N) is 1. The average Bonchev–Trinajstić information content (AvgIpc) is 3.11. The smallest absolute Gasteiger partial charge is 0.203 e. The highest BCUT2D eigenvalue weighted by molar-refractivity contribution is 6.17. The summed E-state index contributed by atoms with van der Waals surface area (Å²) in [5.74, 6) is 1.21. The minimum absolute atomic E-state index is 0.0473. The van der Waals surface area contributed by atoms with Gasteiger partial charge in [-0.15, -0.1) is 0 Å². The summed E-state index contributed by atoms with van der Waals surface area (Å²) in [6, 6.07) is 6.50. The van der Waals surface area contributed by atoms with Gasteiger partial charge in [-0.05, 0) is 24.3 Å². The van der Waals surface area contributed by atoms with Crippen LogP contribution in [0.25, 0.3) is 10.9 Å². The van der Waals surface area contributed by atoms with Gasteiger partial charge in [0.25, 0.3) is 0 Å². The summed E-state index contributed by atoms with van der Waals surface area (Å²) in [6.45, 7) is 0. The summed E-state index contributed by atoms with van der Waals surface area (Å²) in [5, 5.41) is 10.8. The predicted octanol–water partition coefficient (Wildman–Crippen LogP) is 3.14. The molecule has 3 aromatic rings. The first kappa shape index (κ1) is 17.5. The number of benzene rings is 2. The van der Waals surface area contributed by atoms with E-state index in [-0.39, 0.29) is 11.5 Å². The Kier molecular flexibility index (Phi) is 4.62. The van der Waals surface area contributed by atoms with E-state index in [9.17, 15) is 9.90 Å². The molecule has 2 aromatic carbocycles. The van der Waals surface area contributed by atoms with Crippen LogP contribution in [0.1, 0.15) is 15.9 Å². The Morgan fingerprint density at radius 3 is 2.08 bits per heavy atom. The zero-order chi connectivity index (χ0) is 18.8. The van der Waals surface area contributed by atoms with Crippen LogP contribution >= 0.6 is 0 Å². The molecule has 0 saturated heterocycles. The summed E-state index contributed by atoms with van der Waals surface area (Å²) >= 11 is 0. The minimum Gasteiger partial charge on any atom is -0.503 e. The van der Waals surface area contributed by atoms with Crippen molar-refractivity contribution in [1.82, 2.24) is 4.98 Å². The highest BCUT2D eigenvalue weighted by Crippen LogP contribution is 2.40. The molecule has 0 aliphatic rings. The molecular formula is C19H19NO6. The third-order valence-electron chi connectivity index (χ3n) is 4.18. The molecule has 0 radical (unpaired) electrons. The van der Waals surface area contributed by atoms with E-state index in [1.165, 1.54) is 28.4 Å². The molecule has 3 rings (SSSR count). The zero-order valence-corrected chi connectivity index (χ0v) is 14.9. The summed E-state index contributed by atoms with van der Waals surface area (Å²) in [5.41, 5.74) is 1.21. The van der Waals surface area contributed by atoms with Crippen molar-refractivity contribution in [2.24, 2.45) is 0 Å². The van der Waals surface area contributed by atoms with Crippen LogP contribution in [0.15, 0.2) is 30.5 Å². The number of aromatic amines is 1. The first-order valence-electron chi connectivity index (χ1n) is 7.77. The van der Waals surface area contributed by atoms with E-state index in [4.69, 9.17) is 18.9 Å². The van der Waals surface area contributed by atoms with E-state index in [0.717, 1.165) is 0 Å². The number of phenols is 1. The van der Waals surface area contributed by atoms with Crippen molar-refractivity contribution in [2.45, 2.75) is 0 Å². The maximum atomic E-state index is 13.0. The van der Waals surface area contributed by atoms with Gasteiger partial charge in [0.05, 0.1) is 34.0 Å². The first-order chi connectivity index (χ1) is 12.5. The molecule has 0 aliphatic carbocycles. The number of hydrogen-bond acceptors (Lipinski definition) is 6. The number of methoxy groups -OCH3 is 4. The van der Waals surface area contributed by atoms with E-state index >= 15 is 0 Å². The van der Waals surface area contributed by atoms with Gasteiger partial charge in [0.15, 0.2) is 28.8 Å². The molecule has 26 heavy (non-hydrogen) atoms. The first-order valence-corrected chi connectivity index (χ1v) is 7.77. The van der Waals surface area contributed by atoms with Gasteiger partial charge in [-0.25, -0.2) is 0 Å². The van der Waals surface area contributed by atoms with Crippen LogP contribution in [0, 0.1) is 0 Å². The van der Waals surface area contributed by atoms with E-state index < -0.39 is 0 Å². The number of aromatic hydroxyl groups is 1. The number of H-pyrrole nitrogens is 1. The van der Waals surface area contributed by atoms with Crippen molar-refractivity contribution in [1.29, 1.82) is 0 Å². The Balaban J connectivity index is 2.13. The highest BCUT2D eigenvalue weighted by atomic mass is 16.5. The van der Waals surface area contributed by atoms with Gasteiger partial charge in [0.2, 0.25) is 5.75 Å². The van der Waals surface area contributed by atoms with E-state index in [1.54, 1.807) is 30.5 Å². The van der Waals surface area contributed by atoms with E-state index in [1.807, 2.05) is 0 Å². The van der Waals surface area contributed by atoms with Crippen LogP contribution in [0.5, 0.6) is 28.7 Å². The summed E-state index contributed by atoms with van der Waals surface area (Å²) in [7, 11) is 5.94. The second-order valence-corrected chi connectivity index (χ2v) is 5.48. The molecule has 0 fully saturated rings. The Bertz CT molecular complexity index is 951. The van der Waals surface area contributed by atoms with Crippen molar-refractivity contribution in [2.75, 3.05) is 28.4 Å². The standard InChI is InChI=1S/C19H19NO6/c1-23-13-6-5-11-12(9-20-16(11)18(13)22)17(21)10-7-14(24-2)19(26-4)15(8-10)25-3/h5-9,20,22H,1-4H3. The second-order valence-electron chi connectivity index (χ2n) is 5.48. The molecule has 1 heterocycles. The van der Waals surface area contributed by atoms with Gasteiger partial charge in [-0.3, -0.25) is 4.79 Å². The largest absolute Gasteiger partial charge is 0.503 e. The predicted molar refractivity (Wildman–Crippen MR) is 96.0 cm³/mol. The molecule has 0 saturated carbocycles. The number of carbonyl (C=O) groups is 1. The highest BCUT2D eigenvalue weighted by Gasteiger charge is 2.21. The number of ether oxygens (including phenoxy) is 4. The fraction of sp³-hybridized carbons (Fsp3) is 0.211. The maximum Gasteiger partial charge on any atom is 0.203 e. The zero-order valence-electron chi connectivity index (χ0n) is 14.9. The molecule has 0 atom stereocenters. The molecular weight excluding hydrogens is 338 g/mol. The number of ketones is 1. The van der Waals surface area contributed by atoms with Gasteiger partial charge in [0, 0.05) is 22.7 Å². The van der Waals surface area contributed by atoms with Crippen molar-refractivity contribution in [3.8, 4) is 28.7 Å². The van der Waals surface area contributed by atoms with Crippen LogP contribution in [-0.2, 0) is 0 Å². The average molecular weight is 357 g/mol. The van der Waals surface area contributed by atoms with Crippen molar-refractivity contribution in [3.05, 3.63) is 41.6 Å². The molecule has 136 valence electrons. The van der Waals surface area contributed by atoms with Crippen molar-refractivity contribution < 1.29 is 28.8 Å². The molecule has 7 heteroatoms. The van der Waals surface area contributed by atoms with Gasteiger partial charge < -0.3 is 29.0 Å². The third kappa shape index (κ3) is 2.67. The number of carbonyl (C=O) groups excluding carboxylic acids is 1. The Hall–Kier alpha value is -3.35. The molecule has 2 N–H and O–H groups in total. The summed E-state index contributed by atoms with van der Waals surface area (Å²) in [4.78, 5) is 16.0. The molecule has 0 bridgehead atoms. The molecule has 0 amide bonds. The van der Waals surface area contributed by atoms with Crippen LogP contribution in [-0.4, -0.2) is 44.3 Å². The Morgan fingerprint density at radius 2 is 1.54 bits per heavy atom. The SMILES string of the molecule is COc1cc(C(=O)c2c[nH]c3c(O)c(OC)ccc23)cc(OC)c1OC. The minimum atomic E-state index is -0.250. The van der Waals surface area contributed by atoms with Crippen molar-refractivity contribution >= 4 is 16.7 Å². The lowest BCUT2D eigenvalue weighted by atomic mass is 10.0. The molecule has 0 aliphatic heterocycles. The Morgan fingerprint density at radius 1 is 0.923 bits per heavy atom. The second kappa shape index (κ2) is 6.87. The topological polar surface area (TPSA) is 90.0 Å². The quantitative estimate of drug-likeness (QED) is 0.659. The third-order valence-corrected chi connectivity index (χ3v) is 4.18. The number of fused-ring (bicyclic) bond motifs is 1. The number of phenolic OH excluding ortho intramolecular Hbond substituents is 1. The number of hydrogen-bond donors (Lipinski definition) is 2. The van der Waals surface area contributed by atoms with Crippen LogP contribution < -0.4 is 18.9 Å². The fourth-order valence-corrected chi connectivity index (χ4v) is 2.88. The number of aromatic nitrogens is 1. The molecule has 0 spiro atoms. The summed E-state index contributed by atoms with van der Waals surface area (Å²) < 4.78 is 21.0. The fourth-order valence-electron chi connectivity index (χ4n) is 2.88. The van der Waals surface area contributed by atoms with Gasteiger partial charge >= 0.3 is 0 Å². The van der Waals surface area contributed by atoms with Crippen LogP contribution in [0.4, 0.5) is 0 Å². The van der Waals surface area contributed by atoms with Crippen molar-refractivity contribution in [3.63, 3.8) is 0 Å². The van der Waals surface area contributed by atoms with E-state index in [2.05, 4.69) is 4.98 Å². The molecule has 0 unspecified atom stereocenters. The lowest BCUT2D eigenvalue weighted by Gasteiger charge is -2.13. The van der Waals surface area contributed by atoms with Crippen LogP contribution in [0.3, 0.4) is 0 Å². The Labute approximate surface area is 150 Å². The lowest BCUT2D eigenvalue weighted by molar-refractivity contribution is 0.103. The monoisotopic (exact) mass is 357 g/mol. The lowest BCUT2D eigenvalue weighted by Crippen LogP contribution is -2.03. The number of rotatable bonds is 6. The summed E-state index contributed by atoms with van der Waals surface area (Å²) in [6.07, 6.45) is 1.55.